The molecule has 0 amide bonds. The molecule has 0 spiro atoms. The van der Waals surface area contributed by atoms with Gasteiger partial charge in [-0.3, -0.25) is 0 Å². The highest BCUT2D eigenvalue weighted by Crippen LogP contribution is 2.57. The fourth-order valence-electron chi connectivity index (χ4n) is 9.16. The van der Waals surface area contributed by atoms with E-state index in [1.165, 1.54) is 77.2 Å². The third-order valence-corrected chi connectivity index (χ3v) is 11.4. The topological polar surface area (TPSA) is 3.24 Å². The molecule has 0 fully saturated rings. The molecule has 1 nitrogen and oxygen atoms in total. The number of allylic oxidation sites excluding steroid dienone is 1. The molecule has 2 aliphatic carbocycles. The van der Waals surface area contributed by atoms with E-state index >= 15 is 0 Å². The molecular formula is C51H39N. The van der Waals surface area contributed by atoms with Gasteiger partial charge in [0, 0.05) is 22.4 Å². The van der Waals surface area contributed by atoms with Crippen molar-refractivity contribution in [2.24, 2.45) is 0 Å². The quantitative estimate of drug-likeness (QED) is 0.165. The zero-order valence-electron chi connectivity index (χ0n) is 29.6. The number of rotatable bonds is 5. The second-order valence-corrected chi connectivity index (χ2v) is 14.8. The smallest absolute Gasteiger partial charge is 0.0546 e. The Balaban J connectivity index is 1.25. The van der Waals surface area contributed by atoms with Crippen LogP contribution >= 0.6 is 0 Å². The molecule has 2 aliphatic rings. The molecule has 0 unspecified atom stereocenters. The van der Waals surface area contributed by atoms with E-state index in [1.54, 1.807) is 0 Å². The van der Waals surface area contributed by atoms with Gasteiger partial charge in [0.05, 0.1) is 5.69 Å². The number of benzene rings is 8. The molecule has 0 saturated heterocycles. The Labute approximate surface area is 306 Å². The van der Waals surface area contributed by atoms with Gasteiger partial charge in [-0.1, -0.05) is 159 Å². The molecule has 8 aromatic rings. The van der Waals surface area contributed by atoms with Crippen LogP contribution in [0.2, 0.25) is 0 Å². The molecular weight excluding hydrogens is 627 g/mol. The number of fused-ring (bicyclic) bond motifs is 10. The summed E-state index contributed by atoms with van der Waals surface area (Å²) >= 11 is 0. The Hall–Kier alpha value is -6.18. The highest BCUT2D eigenvalue weighted by atomic mass is 15.1. The molecule has 10 rings (SSSR count). The van der Waals surface area contributed by atoms with Crippen molar-refractivity contribution in [3.63, 3.8) is 0 Å². The summed E-state index contributed by atoms with van der Waals surface area (Å²) in [5.41, 5.74) is 16.7. The molecule has 0 saturated carbocycles. The maximum atomic E-state index is 2.46. The predicted octanol–water partition coefficient (Wildman–Crippen LogP) is 14.1. The molecule has 8 aromatic carbocycles. The summed E-state index contributed by atoms with van der Waals surface area (Å²) in [6, 6.07) is 60.3. The van der Waals surface area contributed by atoms with Crippen molar-refractivity contribution in [1.29, 1.82) is 0 Å². The summed E-state index contributed by atoms with van der Waals surface area (Å²) in [5.74, 6) is 0. The summed E-state index contributed by atoms with van der Waals surface area (Å²) in [6.07, 6.45) is 6.98. The lowest BCUT2D eigenvalue weighted by molar-refractivity contribution is 0.663. The van der Waals surface area contributed by atoms with Crippen LogP contribution in [0.4, 0.5) is 17.1 Å². The van der Waals surface area contributed by atoms with Crippen LogP contribution in [0.3, 0.4) is 0 Å². The number of nitrogens with zero attached hydrogens (tertiary/aromatic N) is 1. The Bertz CT molecular complexity index is 2680. The first-order chi connectivity index (χ1) is 25.6. The van der Waals surface area contributed by atoms with Crippen LogP contribution in [0, 0.1) is 0 Å². The average Bonchev–Trinajstić information content (AvgIpc) is 3.46. The molecule has 0 bridgehead atoms. The Morgan fingerprint density at radius 2 is 1.15 bits per heavy atom. The summed E-state index contributed by atoms with van der Waals surface area (Å²) in [5, 5.41) is 5.25. The number of aryl methyl sites for hydroxylation is 1. The normalized spacial score (nSPS) is 13.9. The Kier molecular flexibility index (Phi) is 7.05. The third kappa shape index (κ3) is 4.69. The van der Waals surface area contributed by atoms with E-state index in [0.29, 0.717) is 0 Å². The van der Waals surface area contributed by atoms with E-state index in [0.717, 1.165) is 29.9 Å². The lowest BCUT2D eigenvalue weighted by Crippen LogP contribution is -2.18. The Morgan fingerprint density at radius 3 is 1.92 bits per heavy atom. The van der Waals surface area contributed by atoms with E-state index in [1.807, 2.05) is 0 Å². The summed E-state index contributed by atoms with van der Waals surface area (Å²) in [4.78, 5) is 2.46. The van der Waals surface area contributed by atoms with Gasteiger partial charge in [-0.05, 0) is 115 Å². The van der Waals surface area contributed by atoms with E-state index in [4.69, 9.17) is 0 Å². The van der Waals surface area contributed by atoms with Crippen molar-refractivity contribution in [3.8, 4) is 33.4 Å². The largest absolute Gasteiger partial charge is 0.310 e. The van der Waals surface area contributed by atoms with Gasteiger partial charge in [0.25, 0.3) is 0 Å². The zero-order chi connectivity index (χ0) is 34.8. The summed E-state index contributed by atoms with van der Waals surface area (Å²) < 4.78 is 0. The maximum absolute atomic E-state index is 2.46. The minimum Gasteiger partial charge on any atom is -0.310 e. The van der Waals surface area contributed by atoms with E-state index in [9.17, 15) is 0 Å². The van der Waals surface area contributed by atoms with Crippen LogP contribution in [0.15, 0.2) is 170 Å². The van der Waals surface area contributed by atoms with Gasteiger partial charge in [0.15, 0.2) is 0 Å². The first-order valence-corrected chi connectivity index (χ1v) is 18.5. The van der Waals surface area contributed by atoms with Crippen molar-refractivity contribution in [3.05, 3.63) is 192 Å². The van der Waals surface area contributed by atoms with Crippen LogP contribution in [0.25, 0.3) is 61.0 Å². The van der Waals surface area contributed by atoms with Crippen LogP contribution in [-0.2, 0) is 11.8 Å². The van der Waals surface area contributed by atoms with Crippen molar-refractivity contribution in [2.45, 2.75) is 32.1 Å². The lowest BCUT2D eigenvalue weighted by atomic mass is 9.76. The van der Waals surface area contributed by atoms with Gasteiger partial charge in [-0.15, -0.1) is 0 Å². The average molecular weight is 666 g/mol. The highest BCUT2D eigenvalue weighted by molar-refractivity contribution is 6.19. The molecule has 0 aromatic heterocycles. The number of para-hydroxylation sites is 1. The van der Waals surface area contributed by atoms with Crippen LogP contribution in [0.5, 0.6) is 0 Å². The highest BCUT2D eigenvalue weighted by Gasteiger charge is 2.40. The first-order valence-electron chi connectivity index (χ1n) is 18.5. The molecule has 248 valence electrons. The van der Waals surface area contributed by atoms with Gasteiger partial charge in [0.2, 0.25) is 0 Å². The number of hydrogen-bond donors (Lipinski definition) is 0. The van der Waals surface area contributed by atoms with Crippen LogP contribution in [0.1, 0.15) is 42.5 Å². The number of anilines is 3. The molecule has 0 atom stereocenters. The minimum atomic E-state index is -0.148. The molecule has 0 heterocycles. The molecule has 0 aliphatic heterocycles. The van der Waals surface area contributed by atoms with Crippen molar-refractivity contribution in [1.82, 2.24) is 0 Å². The second kappa shape index (κ2) is 12.0. The zero-order valence-corrected chi connectivity index (χ0v) is 29.6. The molecule has 0 radical (unpaired) electrons. The van der Waals surface area contributed by atoms with Crippen molar-refractivity contribution in [2.75, 3.05) is 4.90 Å². The first kappa shape index (κ1) is 30.6. The molecule has 0 N–H and O–H groups in total. The van der Waals surface area contributed by atoms with E-state index in [2.05, 4.69) is 195 Å². The van der Waals surface area contributed by atoms with Gasteiger partial charge in [-0.2, -0.15) is 0 Å². The fraction of sp³-hybridized carbons (Fsp3) is 0.0980. The van der Waals surface area contributed by atoms with Gasteiger partial charge in [0.1, 0.15) is 0 Å². The van der Waals surface area contributed by atoms with Crippen molar-refractivity contribution >= 4 is 44.7 Å². The van der Waals surface area contributed by atoms with E-state index in [-0.39, 0.29) is 5.41 Å². The summed E-state index contributed by atoms with van der Waals surface area (Å²) in [7, 11) is 0. The van der Waals surface area contributed by atoms with Crippen LogP contribution < -0.4 is 4.90 Å². The van der Waals surface area contributed by atoms with Crippen molar-refractivity contribution < 1.29 is 0 Å². The van der Waals surface area contributed by atoms with E-state index < -0.39 is 0 Å². The third-order valence-electron chi connectivity index (χ3n) is 11.4. The predicted molar refractivity (Wildman–Crippen MR) is 222 cm³/mol. The van der Waals surface area contributed by atoms with Gasteiger partial charge >= 0.3 is 0 Å². The SMILES string of the molecule is CC1(C)c2c(ccc3c2C=CCC3)-c2c1c1ccc(N(c3ccccc3)c3cc(-c4ccccc4)ccc3-c3ccccc3)cc1c1ccccc21. The van der Waals surface area contributed by atoms with Gasteiger partial charge < -0.3 is 4.90 Å². The summed E-state index contributed by atoms with van der Waals surface area (Å²) in [6.45, 7) is 4.89. The maximum Gasteiger partial charge on any atom is 0.0546 e. The number of hydrogen-bond acceptors (Lipinski definition) is 1. The van der Waals surface area contributed by atoms with Crippen LogP contribution in [-0.4, -0.2) is 0 Å². The molecule has 1 heteroatoms. The second-order valence-electron chi connectivity index (χ2n) is 14.8. The minimum absolute atomic E-state index is 0.148. The molecule has 52 heavy (non-hydrogen) atoms. The Morgan fingerprint density at radius 1 is 0.481 bits per heavy atom. The lowest BCUT2D eigenvalue weighted by Gasteiger charge is -2.30. The monoisotopic (exact) mass is 665 g/mol. The fourth-order valence-corrected chi connectivity index (χ4v) is 9.16. The van der Waals surface area contributed by atoms with Gasteiger partial charge in [-0.25, -0.2) is 0 Å². The standard InChI is InChI=1S/C51H39N/c1-51(2)49-41-23-13-12-20-36(41)26-30-45(49)48-43-25-15-14-24-42(43)46-33-39(28-31-44(46)50(48)51)52(38-21-10-5-11-22-38)47-32-37(34-16-6-3-7-17-34)27-29-40(47)35-18-8-4-9-19-35/h3-11,13-19,21-33H,12,20H2,1-2H3.